The smallest absolute Gasteiger partial charge is 0.234 e. The van der Waals surface area contributed by atoms with Crippen LogP contribution in [0.5, 0.6) is 0 Å². The minimum absolute atomic E-state index is 0.0250. The molecule has 1 fully saturated rings. The number of rotatable bonds is 5. The van der Waals surface area contributed by atoms with Gasteiger partial charge in [-0.05, 0) is 39.8 Å². The maximum Gasteiger partial charge on any atom is 0.234 e. The van der Waals surface area contributed by atoms with Crippen LogP contribution in [0.25, 0.3) is 0 Å². The molecule has 0 saturated carbocycles. The molecule has 20 heavy (non-hydrogen) atoms. The van der Waals surface area contributed by atoms with Gasteiger partial charge in [0.15, 0.2) is 5.78 Å². The molecule has 1 heterocycles. The summed E-state index contributed by atoms with van der Waals surface area (Å²) < 4.78 is 0. The van der Waals surface area contributed by atoms with Gasteiger partial charge in [0, 0.05) is 19.1 Å². The standard InChI is InChI=1S/C15H29N3O2/c1-11(2)15(13(4)19)16-14(20)10-18-8-6-7-17(5)9-12(18)3/h11-12,15H,6-10H2,1-5H3,(H,16,20). The van der Waals surface area contributed by atoms with Gasteiger partial charge in [-0.25, -0.2) is 0 Å². The molecule has 2 atom stereocenters. The number of Topliss-reactive ketones (excluding diaryl/α,β-unsaturated/α-hetero) is 1. The molecule has 116 valence electrons. The fourth-order valence-electron chi connectivity index (χ4n) is 2.80. The van der Waals surface area contributed by atoms with E-state index in [0.29, 0.717) is 12.6 Å². The summed E-state index contributed by atoms with van der Waals surface area (Å²) in [6, 6.07) is -0.00413. The third-order valence-electron chi connectivity index (χ3n) is 3.95. The molecule has 0 aromatic rings. The summed E-state index contributed by atoms with van der Waals surface area (Å²) >= 11 is 0. The van der Waals surface area contributed by atoms with Crippen LogP contribution < -0.4 is 5.32 Å². The second-order valence-corrected chi connectivity index (χ2v) is 6.34. The number of hydrogen-bond donors (Lipinski definition) is 1. The first-order valence-electron chi connectivity index (χ1n) is 7.53. The Balaban J connectivity index is 2.54. The van der Waals surface area contributed by atoms with Crippen LogP contribution in [0.4, 0.5) is 0 Å². The van der Waals surface area contributed by atoms with Crippen LogP contribution in [0.2, 0.25) is 0 Å². The largest absolute Gasteiger partial charge is 0.345 e. The first kappa shape index (κ1) is 17.1. The van der Waals surface area contributed by atoms with Crippen LogP contribution in [0.15, 0.2) is 0 Å². The SMILES string of the molecule is CC(=O)C(NC(=O)CN1CCCN(C)CC1C)C(C)C. The summed E-state index contributed by atoms with van der Waals surface area (Å²) in [4.78, 5) is 28.2. The maximum absolute atomic E-state index is 12.2. The summed E-state index contributed by atoms with van der Waals surface area (Å²) in [5.41, 5.74) is 0. The van der Waals surface area contributed by atoms with Gasteiger partial charge in [0.25, 0.3) is 0 Å². The summed E-state index contributed by atoms with van der Waals surface area (Å²) in [6.07, 6.45) is 1.08. The maximum atomic E-state index is 12.2. The average molecular weight is 283 g/mol. The van der Waals surface area contributed by atoms with E-state index in [1.54, 1.807) is 0 Å². The molecule has 0 aromatic carbocycles. The van der Waals surface area contributed by atoms with Crippen molar-refractivity contribution < 1.29 is 9.59 Å². The molecular formula is C15H29N3O2. The van der Waals surface area contributed by atoms with Gasteiger partial charge < -0.3 is 10.2 Å². The Morgan fingerprint density at radius 3 is 2.50 bits per heavy atom. The number of hydrogen-bond acceptors (Lipinski definition) is 4. The summed E-state index contributed by atoms with van der Waals surface area (Å²) in [7, 11) is 2.12. The zero-order valence-electron chi connectivity index (χ0n) is 13.5. The first-order valence-corrected chi connectivity index (χ1v) is 7.53. The van der Waals surface area contributed by atoms with Gasteiger partial charge in [0.1, 0.15) is 0 Å². The number of carbonyl (C=O) groups excluding carboxylic acids is 2. The number of ketones is 1. The van der Waals surface area contributed by atoms with E-state index >= 15 is 0 Å². The Bertz CT molecular complexity index is 344. The fraction of sp³-hybridized carbons (Fsp3) is 0.867. The number of amides is 1. The second kappa shape index (κ2) is 7.74. The molecule has 5 heteroatoms. The van der Waals surface area contributed by atoms with Crippen molar-refractivity contribution in [1.29, 1.82) is 0 Å². The van der Waals surface area contributed by atoms with Crippen molar-refractivity contribution in [3.8, 4) is 0 Å². The number of nitrogens with zero attached hydrogens (tertiary/aromatic N) is 2. The predicted octanol–water partition coefficient (Wildman–Crippen LogP) is 0.742. The van der Waals surface area contributed by atoms with E-state index in [-0.39, 0.29) is 23.7 Å². The fourth-order valence-corrected chi connectivity index (χ4v) is 2.80. The van der Waals surface area contributed by atoms with Gasteiger partial charge in [-0.1, -0.05) is 13.8 Å². The van der Waals surface area contributed by atoms with Gasteiger partial charge >= 0.3 is 0 Å². The Labute approximate surface area is 122 Å². The molecule has 5 nitrogen and oxygen atoms in total. The molecule has 1 aliphatic rings. The highest BCUT2D eigenvalue weighted by atomic mass is 16.2. The van der Waals surface area contributed by atoms with Crippen molar-refractivity contribution in [2.75, 3.05) is 33.2 Å². The molecule has 1 amide bonds. The molecular weight excluding hydrogens is 254 g/mol. The molecule has 2 unspecified atom stereocenters. The van der Waals surface area contributed by atoms with Crippen LogP contribution in [-0.4, -0.2) is 66.8 Å². The molecule has 0 aliphatic carbocycles. The highest BCUT2D eigenvalue weighted by molar-refractivity contribution is 5.88. The molecule has 0 bridgehead atoms. The van der Waals surface area contributed by atoms with E-state index in [2.05, 4.69) is 29.1 Å². The van der Waals surface area contributed by atoms with Crippen molar-refractivity contribution in [2.24, 2.45) is 5.92 Å². The van der Waals surface area contributed by atoms with Crippen LogP contribution in [0.1, 0.15) is 34.1 Å². The van der Waals surface area contributed by atoms with Gasteiger partial charge in [-0.3, -0.25) is 14.5 Å². The predicted molar refractivity (Wildman–Crippen MR) is 80.6 cm³/mol. The zero-order chi connectivity index (χ0) is 15.3. The molecule has 1 aliphatic heterocycles. The van der Waals surface area contributed by atoms with E-state index in [0.717, 1.165) is 26.1 Å². The third-order valence-corrected chi connectivity index (χ3v) is 3.95. The Kier molecular flexibility index (Phi) is 6.62. The lowest BCUT2D eigenvalue weighted by Crippen LogP contribution is -2.49. The number of likely N-dealkylation sites (N-methyl/N-ethyl adjacent to an activating group) is 1. The van der Waals surface area contributed by atoms with Gasteiger partial charge in [-0.2, -0.15) is 0 Å². The van der Waals surface area contributed by atoms with E-state index in [1.165, 1.54) is 6.92 Å². The molecule has 0 spiro atoms. The zero-order valence-corrected chi connectivity index (χ0v) is 13.5. The molecule has 1 N–H and O–H groups in total. The molecule has 0 aromatic heterocycles. The quantitative estimate of drug-likeness (QED) is 0.809. The Morgan fingerprint density at radius 2 is 1.95 bits per heavy atom. The highest BCUT2D eigenvalue weighted by Gasteiger charge is 2.25. The lowest BCUT2D eigenvalue weighted by Gasteiger charge is -2.28. The van der Waals surface area contributed by atoms with Crippen LogP contribution in [-0.2, 0) is 9.59 Å². The molecule has 0 radical (unpaired) electrons. The topological polar surface area (TPSA) is 52.7 Å². The van der Waals surface area contributed by atoms with Gasteiger partial charge in [-0.15, -0.1) is 0 Å². The first-order chi connectivity index (χ1) is 9.31. The minimum atomic E-state index is -0.368. The normalized spacial score (nSPS) is 23.4. The van der Waals surface area contributed by atoms with Crippen LogP contribution >= 0.6 is 0 Å². The lowest BCUT2D eigenvalue weighted by atomic mass is 10.0. The second-order valence-electron chi connectivity index (χ2n) is 6.34. The number of nitrogens with one attached hydrogen (secondary N) is 1. The van der Waals surface area contributed by atoms with Crippen molar-refractivity contribution in [3.05, 3.63) is 0 Å². The molecule has 1 rings (SSSR count). The van der Waals surface area contributed by atoms with Crippen molar-refractivity contribution in [3.63, 3.8) is 0 Å². The lowest BCUT2D eigenvalue weighted by molar-refractivity contribution is -0.128. The third kappa shape index (κ3) is 5.21. The highest BCUT2D eigenvalue weighted by Crippen LogP contribution is 2.08. The van der Waals surface area contributed by atoms with E-state index < -0.39 is 0 Å². The summed E-state index contributed by atoms with van der Waals surface area (Å²) in [6.45, 7) is 11.0. The minimum Gasteiger partial charge on any atom is -0.345 e. The van der Waals surface area contributed by atoms with Crippen molar-refractivity contribution >= 4 is 11.7 Å². The van der Waals surface area contributed by atoms with Gasteiger partial charge in [0.2, 0.25) is 5.91 Å². The van der Waals surface area contributed by atoms with E-state index in [1.807, 2.05) is 13.8 Å². The Morgan fingerprint density at radius 1 is 1.30 bits per heavy atom. The van der Waals surface area contributed by atoms with E-state index in [4.69, 9.17) is 0 Å². The summed E-state index contributed by atoms with van der Waals surface area (Å²) in [5, 5.41) is 2.87. The average Bonchev–Trinajstić information content (AvgIpc) is 2.47. The van der Waals surface area contributed by atoms with Crippen LogP contribution in [0.3, 0.4) is 0 Å². The molecule has 1 saturated heterocycles. The van der Waals surface area contributed by atoms with E-state index in [9.17, 15) is 9.59 Å². The van der Waals surface area contributed by atoms with Crippen molar-refractivity contribution in [2.45, 2.75) is 46.2 Å². The van der Waals surface area contributed by atoms with Crippen molar-refractivity contribution in [1.82, 2.24) is 15.1 Å². The Hall–Kier alpha value is -0.940. The van der Waals surface area contributed by atoms with Gasteiger partial charge in [0.05, 0.1) is 12.6 Å². The monoisotopic (exact) mass is 283 g/mol. The number of carbonyl (C=O) groups is 2. The summed E-state index contributed by atoms with van der Waals surface area (Å²) in [5.74, 6) is 0.108. The van der Waals surface area contributed by atoms with Crippen LogP contribution in [0, 0.1) is 5.92 Å².